The number of aromatic nitrogens is 1. The Hall–Kier alpha value is -2.98. The van der Waals surface area contributed by atoms with Crippen LogP contribution in [0.5, 0.6) is 5.75 Å². The van der Waals surface area contributed by atoms with Crippen molar-refractivity contribution in [2.75, 3.05) is 0 Å². The highest BCUT2D eigenvalue weighted by molar-refractivity contribution is 7.59. The second kappa shape index (κ2) is 11.4. The number of rotatable bonds is 7. The van der Waals surface area contributed by atoms with Crippen LogP contribution in [0.1, 0.15) is 36.0 Å². The highest BCUT2D eigenvalue weighted by Gasteiger charge is 2.14. The summed E-state index contributed by atoms with van der Waals surface area (Å²) in [7, 11) is 0. The van der Waals surface area contributed by atoms with Gasteiger partial charge in [-0.15, -0.1) is 17.3 Å². The van der Waals surface area contributed by atoms with Gasteiger partial charge in [-0.05, 0) is 71.8 Å². The minimum absolute atomic E-state index is 0. The van der Waals surface area contributed by atoms with Gasteiger partial charge in [0.15, 0.2) is 0 Å². The average molecular weight is 510 g/mol. The van der Waals surface area contributed by atoms with Gasteiger partial charge in [0, 0.05) is 21.8 Å². The van der Waals surface area contributed by atoms with E-state index in [-0.39, 0.29) is 25.8 Å². The normalized spacial score (nSPS) is 11.3. The highest BCUT2D eigenvalue weighted by Crippen LogP contribution is 2.37. The number of carbonyl (C=O) groups is 1. The van der Waals surface area contributed by atoms with Crippen LogP contribution in [0.4, 0.5) is 0 Å². The fourth-order valence-electron chi connectivity index (χ4n) is 3.73. The molecule has 0 bridgehead atoms. The van der Waals surface area contributed by atoms with E-state index < -0.39 is 5.97 Å². The van der Waals surface area contributed by atoms with Gasteiger partial charge in [-0.2, -0.15) is 13.5 Å². The van der Waals surface area contributed by atoms with Gasteiger partial charge in [0.05, 0.1) is 12.3 Å². The largest absolute Gasteiger partial charge is 0.489 e. The molecule has 7 heteroatoms. The predicted molar refractivity (Wildman–Crippen MR) is 144 cm³/mol. The van der Waals surface area contributed by atoms with Crippen molar-refractivity contribution in [3.8, 4) is 28.7 Å². The molecule has 1 N–H and O–H groups in total. The van der Waals surface area contributed by atoms with Gasteiger partial charge in [0.1, 0.15) is 17.5 Å². The van der Waals surface area contributed by atoms with E-state index in [1.165, 1.54) is 4.70 Å². The van der Waals surface area contributed by atoms with Crippen LogP contribution in [0.25, 0.3) is 21.2 Å². The Kier molecular flexibility index (Phi) is 8.62. The van der Waals surface area contributed by atoms with E-state index in [0.717, 1.165) is 39.0 Å². The molecular formula is C27H24ClNO3S2. The molecule has 0 unspecified atom stereocenters. The molecule has 4 rings (SSSR count). The van der Waals surface area contributed by atoms with Crippen LogP contribution in [0.2, 0.25) is 5.15 Å². The van der Waals surface area contributed by atoms with E-state index in [9.17, 15) is 4.79 Å². The first kappa shape index (κ1) is 25.6. The van der Waals surface area contributed by atoms with Crippen LogP contribution in [0.3, 0.4) is 0 Å². The lowest BCUT2D eigenvalue weighted by molar-refractivity contribution is -0.137. The number of thiophene rings is 1. The Balaban J connectivity index is 0.00000324. The van der Waals surface area contributed by atoms with Crippen LogP contribution in [0, 0.1) is 18.8 Å². The maximum Gasteiger partial charge on any atom is 0.304 e. The van der Waals surface area contributed by atoms with Crippen molar-refractivity contribution >= 4 is 52.5 Å². The van der Waals surface area contributed by atoms with Crippen LogP contribution in [0.15, 0.2) is 60.1 Å². The number of carboxylic acids is 1. The van der Waals surface area contributed by atoms with Crippen LogP contribution < -0.4 is 4.74 Å². The maximum atomic E-state index is 11.1. The first-order chi connectivity index (χ1) is 15.9. The topological polar surface area (TPSA) is 59.4 Å². The second-order valence-electron chi connectivity index (χ2n) is 7.70. The van der Waals surface area contributed by atoms with Gasteiger partial charge < -0.3 is 9.84 Å². The summed E-state index contributed by atoms with van der Waals surface area (Å²) < 4.78 is 7.20. The molecule has 0 spiro atoms. The molecule has 0 saturated heterocycles. The summed E-state index contributed by atoms with van der Waals surface area (Å²) in [5, 5.41) is 12.9. The van der Waals surface area contributed by atoms with Crippen molar-refractivity contribution in [2.24, 2.45) is 0 Å². The summed E-state index contributed by atoms with van der Waals surface area (Å²) in [4.78, 5) is 15.3. The average Bonchev–Trinajstić information content (AvgIpc) is 3.22. The first-order valence-electron chi connectivity index (χ1n) is 10.4. The van der Waals surface area contributed by atoms with Gasteiger partial charge in [-0.3, -0.25) is 4.79 Å². The van der Waals surface area contributed by atoms with E-state index in [1.807, 2.05) is 37.3 Å². The first-order valence-corrected chi connectivity index (χ1v) is 11.7. The number of hydrogen-bond donors (Lipinski definition) is 1. The van der Waals surface area contributed by atoms with E-state index >= 15 is 0 Å². The molecule has 0 fully saturated rings. The third-order valence-electron chi connectivity index (χ3n) is 5.38. The SMILES string of the molecule is CC#C[C@@H](CC(=O)O)c1ccc(OCc2ccc3scc(-c4cc(Cl)ncc4C)c3c2)cc1.S. The van der Waals surface area contributed by atoms with Crippen molar-refractivity contribution in [2.45, 2.75) is 32.8 Å². The summed E-state index contributed by atoms with van der Waals surface area (Å²) in [6, 6.07) is 15.7. The van der Waals surface area contributed by atoms with Crippen LogP contribution in [-0.2, 0) is 11.4 Å². The zero-order valence-corrected chi connectivity index (χ0v) is 21.3. The molecule has 4 nitrogen and oxygen atoms in total. The maximum absolute atomic E-state index is 11.1. The molecule has 0 amide bonds. The molecule has 0 aliphatic carbocycles. The molecule has 34 heavy (non-hydrogen) atoms. The predicted octanol–water partition coefficient (Wildman–Crippen LogP) is 7.20. The van der Waals surface area contributed by atoms with Gasteiger partial charge in [-0.25, -0.2) is 4.98 Å². The lowest BCUT2D eigenvalue weighted by Crippen LogP contribution is -2.04. The summed E-state index contributed by atoms with van der Waals surface area (Å²) in [5.41, 5.74) is 5.24. The number of ether oxygens (including phenoxy) is 1. The minimum atomic E-state index is -0.865. The van der Waals surface area contributed by atoms with Crippen molar-refractivity contribution in [3.63, 3.8) is 0 Å². The van der Waals surface area contributed by atoms with Crippen LogP contribution >= 0.6 is 36.4 Å². The number of fused-ring (bicyclic) bond motifs is 1. The second-order valence-corrected chi connectivity index (χ2v) is 9.00. The van der Waals surface area contributed by atoms with Crippen molar-refractivity contribution < 1.29 is 14.6 Å². The molecular weight excluding hydrogens is 486 g/mol. The molecule has 174 valence electrons. The quantitative estimate of drug-likeness (QED) is 0.211. The van der Waals surface area contributed by atoms with Crippen molar-refractivity contribution in [3.05, 3.63) is 82.0 Å². The smallest absolute Gasteiger partial charge is 0.304 e. The standard InChI is InChI=1S/C27H22ClNO3S.H2S/c1-3-4-20(12-27(30)31)19-6-8-21(9-7-19)32-15-18-5-10-25-23(11-18)24(16-33-25)22-13-26(28)29-14-17(22)2;/h5-11,13-14,16,20H,12,15H2,1-2H3,(H,30,31);1H2/t20-;/m0./s1. The molecule has 0 radical (unpaired) electrons. The number of carboxylic acid groups (broad SMARTS) is 1. The van der Waals surface area contributed by atoms with E-state index in [2.05, 4.69) is 40.4 Å². The number of aliphatic carboxylic acids is 1. The lowest BCUT2D eigenvalue weighted by Gasteiger charge is -2.11. The lowest BCUT2D eigenvalue weighted by atomic mass is 9.96. The Morgan fingerprint density at radius 3 is 2.65 bits per heavy atom. The molecule has 2 heterocycles. The molecule has 0 saturated carbocycles. The van der Waals surface area contributed by atoms with E-state index in [0.29, 0.717) is 11.8 Å². The number of pyridine rings is 1. The van der Waals surface area contributed by atoms with E-state index in [4.69, 9.17) is 21.4 Å². The molecule has 1 atom stereocenters. The number of benzene rings is 2. The molecule has 4 aromatic rings. The van der Waals surface area contributed by atoms with E-state index in [1.54, 1.807) is 24.5 Å². The third-order valence-corrected chi connectivity index (χ3v) is 6.55. The Labute approximate surface area is 215 Å². The Bertz CT molecular complexity index is 1370. The molecule has 0 aliphatic rings. The molecule has 2 aromatic carbocycles. The monoisotopic (exact) mass is 509 g/mol. The summed E-state index contributed by atoms with van der Waals surface area (Å²) >= 11 is 7.84. The summed E-state index contributed by atoms with van der Waals surface area (Å²) in [5.74, 6) is 5.31. The zero-order valence-electron chi connectivity index (χ0n) is 18.8. The number of halogens is 1. The zero-order chi connectivity index (χ0) is 23.4. The van der Waals surface area contributed by atoms with Gasteiger partial charge in [0.25, 0.3) is 0 Å². The third kappa shape index (κ3) is 5.92. The fourth-order valence-corrected chi connectivity index (χ4v) is 4.83. The molecule has 2 aromatic heterocycles. The summed E-state index contributed by atoms with van der Waals surface area (Å²) in [6.45, 7) is 4.17. The molecule has 0 aliphatic heterocycles. The Morgan fingerprint density at radius 2 is 1.94 bits per heavy atom. The Morgan fingerprint density at radius 1 is 1.18 bits per heavy atom. The minimum Gasteiger partial charge on any atom is -0.489 e. The van der Waals surface area contributed by atoms with Crippen molar-refractivity contribution in [1.29, 1.82) is 0 Å². The van der Waals surface area contributed by atoms with Gasteiger partial charge in [0.2, 0.25) is 0 Å². The number of aryl methyl sites for hydroxylation is 1. The number of nitrogens with zero attached hydrogens (tertiary/aromatic N) is 1. The fraction of sp³-hybridized carbons (Fsp3) is 0.185. The van der Waals surface area contributed by atoms with Gasteiger partial charge >= 0.3 is 5.97 Å². The summed E-state index contributed by atoms with van der Waals surface area (Å²) in [6.07, 6.45) is 1.77. The van der Waals surface area contributed by atoms with Gasteiger partial charge in [-0.1, -0.05) is 35.7 Å². The van der Waals surface area contributed by atoms with Crippen LogP contribution in [-0.4, -0.2) is 16.1 Å². The number of hydrogen-bond acceptors (Lipinski definition) is 4. The van der Waals surface area contributed by atoms with Crippen molar-refractivity contribution in [1.82, 2.24) is 4.98 Å². The highest BCUT2D eigenvalue weighted by atomic mass is 35.5.